The van der Waals surface area contributed by atoms with Gasteiger partial charge in [0.2, 0.25) is 0 Å². The molecule has 0 heterocycles. The molecule has 0 fully saturated rings. The summed E-state index contributed by atoms with van der Waals surface area (Å²) < 4.78 is 0. The molecule has 0 saturated carbocycles. The van der Waals surface area contributed by atoms with Crippen LogP contribution in [0.3, 0.4) is 0 Å². The minimum atomic E-state index is -0.783. The third-order valence-corrected chi connectivity index (χ3v) is 14.1. The number of aryl methyl sites for hydroxylation is 8. The Kier molecular flexibility index (Phi) is 9.85. The van der Waals surface area contributed by atoms with Gasteiger partial charge in [0, 0.05) is 5.92 Å². The Hall–Kier alpha value is -3.56. The largest absolute Gasteiger partial charge is 0.0721 e. The molecule has 0 spiro atoms. The SMILES string of the molecule is Cc1cc(C)cc(P(c2cc(C)cc(C)c2)c2ccccc2C2=CC=C[C]2C(C)P(c2cc(C)cc(C)c2)c2cc(C)cc(C)c2)c1. The first-order valence-electron chi connectivity index (χ1n) is 16.7. The summed E-state index contributed by atoms with van der Waals surface area (Å²) in [5, 5.41) is 7.19. The van der Waals surface area contributed by atoms with E-state index in [1.807, 2.05) is 0 Å². The fourth-order valence-electron chi connectivity index (χ4n) is 7.44. The Bertz CT molecular complexity index is 1830. The Morgan fingerprint density at radius 3 is 1.28 bits per heavy atom. The van der Waals surface area contributed by atoms with E-state index in [0.717, 1.165) is 0 Å². The van der Waals surface area contributed by atoms with Crippen molar-refractivity contribution in [2.75, 3.05) is 0 Å². The minimum absolute atomic E-state index is 0.333. The molecule has 1 atom stereocenters. The van der Waals surface area contributed by atoms with Crippen molar-refractivity contribution < 1.29 is 0 Å². The molecule has 6 rings (SSSR count). The molecule has 1 unspecified atom stereocenters. The maximum Gasteiger partial charge on any atom is 0.0350 e. The van der Waals surface area contributed by atoms with Crippen molar-refractivity contribution in [3.05, 3.63) is 171 Å². The zero-order valence-corrected chi connectivity index (χ0v) is 31.2. The second-order valence-electron chi connectivity index (χ2n) is 13.7. The molecular weight excluding hydrogens is 602 g/mol. The van der Waals surface area contributed by atoms with Crippen molar-refractivity contribution in [1.82, 2.24) is 0 Å². The summed E-state index contributed by atoms with van der Waals surface area (Å²) >= 11 is 0. The second kappa shape index (κ2) is 13.9. The maximum atomic E-state index is 2.47. The van der Waals surface area contributed by atoms with E-state index in [0.29, 0.717) is 5.66 Å². The van der Waals surface area contributed by atoms with Gasteiger partial charge in [-0.3, -0.25) is 0 Å². The van der Waals surface area contributed by atoms with Crippen LogP contribution in [0.2, 0.25) is 0 Å². The molecule has 0 N–H and O–H groups in total. The summed E-state index contributed by atoms with van der Waals surface area (Å²) in [6.45, 7) is 20.4. The molecule has 2 heteroatoms. The number of hydrogen-bond donors (Lipinski definition) is 0. The number of benzene rings is 5. The molecule has 237 valence electrons. The van der Waals surface area contributed by atoms with Gasteiger partial charge in [0.25, 0.3) is 0 Å². The lowest BCUT2D eigenvalue weighted by atomic mass is 9.93. The van der Waals surface area contributed by atoms with Crippen LogP contribution in [0.25, 0.3) is 5.57 Å². The number of rotatable bonds is 8. The highest BCUT2D eigenvalue weighted by Gasteiger charge is 2.34. The molecule has 0 saturated heterocycles. The molecule has 47 heavy (non-hydrogen) atoms. The second-order valence-corrected chi connectivity index (χ2v) is 18.4. The lowest BCUT2D eigenvalue weighted by Crippen LogP contribution is -2.27. The van der Waals surface area contributed by atoms with Gasteiger partial charge in [0.1, 0.15) is 0 Å². The summed E-state index contributed by atoms with van der Waals surface area (Å²) in [5.41, 5.74) is 13.7. The standard InChI is InChI=1S/C45H47P2/c1-29-17-30(2)22-38(21-29)46(39-23-31(3)18-32(4)24-39)37(9)42-14-12-15-43(42)44-13-10-11-16-45(44)47(40-25-33(5)19-34(6)26-40)41-27-35(7)20-36(8)28-41/h10-28,37H,1-9H3. The molecule has 1 aliphatic carbocycles. The molecular formula is C45H47P2. The molecule has 0 aliphatic heterocycles. The summed E-state index contributed by atoms with van der Waals surface area (Å²) in [7, 11) is -1.44. The first-order valence-corrected chi connectivity index (χ1v) is 19.5. The monoisotopic (exact) mass is 649 g/mol. The fourth-order valence-corrected chi connectivity index (χ4v) is 13.4. The van der Waals surface area contributed by atoms with Crippen LogP contribution < -0.4 is 26.5 Å². The predicted molar refractivity (Wildman–Crippen MR) is 212 cm³/mol. The van der Waals surface area contributed by atoms with E-state index < -0.39 is 15.8 Å². The molecule has 1 radical (unpaired) electrons. The zero-order valence-electron chi connectivity index (χ0n) is 29.4. The van der Waals surface area contributed by atoms with Crippen molar-refractivity contribution >= 4 is 47.9 Å². The Labute approximate surface area is 286 Å². The lowest BCUT2D eigenvalue weighted by Gasteiger charge is -2.33. The van der Waals surface area contributed by atoms with Crippen molar-refractivity contribution in [3.63, 3.8) is 0 Å². The van der Waals surface area contributed by atoms with Crippen molar-refractivity contribution in [3.8, 4) is 0 Å². The Morgan fingerprint density at radius 1 is 0.468 bits per heavy atom. The first kappa shape index (κ1) is 33.3. The smallest absolute Gasteiger partial charge is 0.0350 e. The zero-order chi connectivity index (χ0) is 33.4. The van der Waals surface area contributed by atoms with Crippen molar-refractivity contribution in [2.45, 2.75) is 68.0 Å². The van der Waals surface area contributed by atoms with Gasteiger partial charge in [-0.1, -0.05) is 167 Å². The third kappa shape index (κ3) is 7.31. The molecule has 5 aromatic rings. The van der Waals surface area contributed by atoms with Gasteiger partial charge in [-0.25, -0.2) is 0 Å². The van der Waals surface area contributed by atoms with Gasteiger partial charge < -0.3 is 0 Å². The highest BCUT2D eigenvalue weighted by molar-refractivity contribution is 7.80. The lowest BCUT2D eigenvalue weighted by molar-refractivity contribution is 1.08. The van der Waals surface area contributed by atoms with E-state index >= 15 is 0 Å². The number of allylic oxidation sites excluding steroid dienone is 4. The number of hydrogen-bond acceptors (Lipinski definition) is 0. The summed E-state index contributed by atoms with van der Waals surface area (Å²) in [6.07, 6.45) is 7.05. The quantitative estimate of drug-likeness (QED) is 0.147. The van der Waals surface area contributed by atoms with Crippen LogP contribution in [-0.4, -0.2) is 5.66 Å². The molecule has 0 aromatic heterocycles. The van der Waals surface area contributed by atoms with E-state index in [-0.39, 0.29) is 0 Å². The van der Waals surface area contributed by atoms with E-state index in [4.69, 9.17) is 0 Å². The summed E-state index contributed by atoms with van der Waals surface area (Å²) in [6, 6.07) is 37.8. The molecule has 0 nitrogen and oxygen atoms in total. The molecule has 5 aromatic carbocycles. The van der Waals surface area contributed by atoms with Crippen LogP contribution in [0.1, 0.15) is 57.0 Å². The van der Waals surface area contributed by atoms with Crippen molar-refractivity contribution in [1.29, 1.82) is 0 Å². The van der Waals surface area contributed by atoms with Crippen LogP contribution in [0, 0.1) is 61.3 Å². The molecule has 1 aliphatic rings. The normalized spacial score (nSPS) is 13.9. The van der Waals surface area contributed by atoms with E-state index in [1.165, 1.54) is 88.1 Å². The fraction of sp³-hybridized carbons (Fsp3) is 0.222. The topological polar surface area (TPSA) is 0 Å². The highest BCUT2D eigenvalue weighted by Crippen LogP contribution is 2.50. The van der Waals surface area contributed by atoms with Crippen LogP contribution in [-0.2, 0) is 0 Å². The van der Waals surface area contributed by atoms with Gasteiger partial charge in [0.15, 0.2) is 0 Å². The van der Waals surface area contributed by atoms with Gasteiger partial charge in [-0.15, -0.1) is 0 Å². The van der Waals surface area contributed by atoms with Crippen LogP contribution in [0.5, 0.6) is 0 Å². The van der Waals surface area contributed by atoms with E-state index in [1.54, 1.807) is 0 Å². The molecule has 0 amide bonds. The summed E-state index contributed by atoms with van der Waals surface area (Å²) in [5.74, 6) is 1.44. The van der Waals surface area contributed by atoms with Crippen LogP contribution >= 0.6 is 15.8 Å². The third-order valence-electron chi connectivity index (χ3n) is 9.02. The minimum Gasteiger partial charge on any atom is -0.0721 e. The maximum absolute atomic E-state index is 2.47. The Balaban J connectivity index is 1.50. The first-order chi connectivity index (χ1) is 22.5. The van der Waals surface area contributed by atoms with Gasteiger partial charge in [-0.05, 0) is 115 Å². The van der Waals surface area contributed by atoms with Crippen molar-refractivity contribution in [2.24, 2.45) is 0 Å². The summed E-state index contributed by atoms with van der Waals surface area (Å²) in [4.78, 5) is 0. The van der Waals surface area contributed by atoms with Gasteiger partial charge >= 0.3 is 0 Å². The van der Waals surface area contributed by atoms with Crippen LogP contribution in [0.4, 0.5) is 0 Å². The average Bonchev–Trinajstić information content (AvgIpc) is 3.46. The van der Waals surface area contributed by atoms with E-state index in [2.05, 4.69) is 178 Å². The van der Waals surface area contributed by atoms with E-state index in [9.17, 15) is 0 Å². The predicted octanol–water partition coefficient (Wildman–Crippen LogP) is 9.96. The van der Waals surface area contributed by atoms with Crippen LogP contribution in [0.15, 0.2) is 115 Å². The molecule has 0 bridgehead atoms. The highest BCUT2D eigenvalue weighted by atomic mass is 31.1. The van der Waals surface area contributed by atoms with Gasteiger partial charge in [0.05, 0.1) is 0 Å². The Morgan fingerprint density at radius 2 is 0.851 bits per heavy atom. The average molecular weight is 650 g/mol. The van der Waals surface area contributed by atoms with Gasteiger partial charge in [-0.2, -0.15) is 0 Å².